The van der Waals surface area contributed by atoms with E-state index >= 15 is 0 Å². The van der Waals surface area contributed by atoms with Gasteiger partial charge in [-0.05, 0) is 42.5 Å². The Kier molecular flexibility index (Phi) is 5.51. The van der Waals surface area contributed by atoms with E-state index in [4.69, 9.17) is 16.1 Å². The lowest BCUT2D eigenvalue weighted by atomic mass is 10.0. The average Bonchev–Trinajstić information content (AvgIpc) is 3.43. The number of halogens is 7. The van der Waals surface area contributed by atoms with E-state index in [-0.39, 0.29) is 48.4 Å². The zero-order valence-electron chi connectivity index (χ0n) is 18.7. The molecule has 6 rings (SSSR count). The summed E-state index contributed by atoms with van der Waals surface area (Å²) >= 11 is 6.63. The summed E-state index contributed by atoms with van der Waals surface area (Å²) in [5, 5.41) is 12.5. The molecule has 3 aromatic heterocycles. The van der Waals surface area contributed by atoms with Crippen LogP contribution in [0.5, 0.6) is 5.75 Å². The van der Waals surface area contributed by atoms with Crippen molar-refractivity contribution < 1.29 is 36.0 Å². The number of hydrogen-bond acceptors (Lipinski definition) is 6. The van der Waals surface area contributed by atoms with Crippen molar-refractivity contribution in [1.82, 2.24) is 14.7 Å². The first-order valence-corrected chi connectivity index (χ1v) is 12.2. The fourth-order valence-corrected chi connectivity index (χ4v) is 5.73. The lowest BCUT2D eigenvalue weighted by Gasteiger charge is -2.15. The molecule has 1 N–H and O–H groups in total. The summed E-state index contributed by atoms with van der Waals surface area (Å²) in [6, 6.07) is 3.26. The van der Waals surface area contributed by atoms with Crippen molar-refractivity contribution in [2.24, 2.45) is 0 Å². The van der Waals surface area contributed by atoms with Crippen LogP contribution in [0.25, 0.3) is 31.7 Å². The van der Waals surface area contributed by atoms with Crippen LogP contribution in [0, 0.1) is 17.5 Å². The molecule has 0 radical (unpaired) electrons. The zero-order chi connectivity index (χ0) is 27.1. The van der Waals surface area contributed by atoms with E-state index in [0.29, 0.717) is 24.5 Å². The van der Waals surface area contributed by atoms with Gasteiger partial charge in [0.15, 0.2) is 28.8 Å². The summed E-state index contributed by atoms with van der Waals surface area (Å²) in [5.41, 5.74) is -1.85. The molecular formula is C24H12ClF6N3O3S. The molecule has 2 aromatic carbocycles. The quantitative estimate of drug-likeness (QED) is 0.235. The highest BCUT2D eigenvalue weighted by Gasteiger charge is 2.35. The van der Waals surface area contributed by atoms with Crippen LogP contribution in [0.1, 0.15) is 35.8 Å². The molecule has 0 unspecified atom stereocenters. The lowest BCUT2D eigenvalue weighted by Crippen LogP contribution is -2.24. The van der Waals surface area contributed by atoms with Gasteiger partial charge in [-0.15, -0.1) is 11.3 Å². The Morgan fingerprint density at radius 2 is 1.79 bits per heavy atom. The molecule has 0 amide bonds. The fraction of sp³-hybridized carbons (Fsp3) is 0.208. The van der Waals surface area contributed by atoms with Crippen molar-refractivity contribution in [3.63, 3.8) is 0 Å². The number of aromatic hydroxyl groups is 1. The Morgan fingerprint density at radius 3 is 2.45 bits per heavy atom. The molecule has 1 fully saturated rings. The molecule has 0 aliphatic heterocycles. The van der Waals surface area contributed by atoms with Gasteiger partial charge in [-0.3, -0.25) is 9.36 Å². The topological polar surface area (TPSA) is 81.2 Å². The van der Waals surface area contributed by atoms with Gasteiger partial charge in [-0.1, -0.05) is 16.8 Å². The molecule has 6 nitrogen and oxygen atoms in total. The van der Waals surface area contributed by atoms with Crippen molar-refractivity contribution >= 4 is 43.2 Å². The number of alkyl halides is 3. The maximum atomic E-state index is 15.0. The van der Waals surface area contributed by atoms with Gasteiger partial charge in [0, 0.05) is 17.0 Å². The predicted molar refractivity (Wildman–Crippen MR) is 126 cm³/mol. The Morgan fingerprint density at radius 1 is 1.08 bits per heavy atom. The first-order chi connectivity index (χ1) is 17.9. The third-order valence-corrected chi connectivity index (χ3v) is 7.64. The minimum absolute atomic E-state index is 0.0427. The third-order valence-electron chi connectivity index (χ3n) is 6.26. The Labute approximate surface area is 216 Å². The van der Waals surface area contributed by atoms with E-state index in [1.165, 1.54) is 0 Å². The van der Waals surface area contributed by atoms with Crippen molar-refractivity contribution in [1.29, 1.82) is 0 Å². The van der Waals surface area contributed by atoms with E-state index in [1.807, 2.05) is 0 Å². The number of fused-ring (bicyclic) bond motifs is 3. The molecular weight excluding hydrogens is 560 g/mol. The molecule has 1 aliphatic carbocycles. The maximum absolute atomic E-state index is 15.0. The largest absolute Gasteiger partial charge is 0.505 e. The number of nitrogens with zero attached hydrogens (tertiary/aromatic N) is 3. The molecule has 196 valence electrons. The van der Waals surface area contributed by atoms with Crippen LogP contribution in [0.3, 0.4) is 0 Å². The number of hydrogen-bond donors (Lipinski definition) is 1. The van der Waals surface area contributed by atoms with Gasteiger partial charge >= 0.3 is 6.18 Å². The summed E-state index contributed by atoms with van der Waals surface area (Å²) in [4.78, 5) is 18.2. The normalized spacial score (nSPS) is 14.2. The van der Waals surface area contributed by atoms with Gasteiger partial charge in [0.2, 0.25) is 0 Å². The Balaban J connectivity index is 1.68. The monoisotopic (exact) mass is 571 g/mol. The van der Waals surface area contributed by atoms with E-state index in [0.717, 1.165) is 34.1 Å². The Bertz CT molecular complexity index is 1840. The van der Waals surface area contributed by atoms with E-state index in [1.54, 1.807) is 0 Å². The molecule has 1 saturated carbocycles. The second-order valence-corrected chi connectivity index (χ2v) is 10.2. The highest BCUT2D eigenvalue weighted by Crippen LogP contribution is 2.46. The van der Waals surface area contributed by atoms with E-state index in [9.17, 15) is 36.2 Å². The van der Waals surface area contributed by atoms with Gasteiger partial charge < -0.3 is 9.63 Å². The van der Waals surface area contributed by atoms with Crippen molar-refractivity contribution in [2.45, 2.75) is 31.5 Å². The van der Waals surface area contributed by atoms with Gasteiger partial charge in [0.25, 0.3) is 5.56 Å². The van der Waals surface area contributed by atoms with Gasteiger partial charge in [0.05, 0.1) is 21.7 Å². The number of rotatable bonds is 4. The van der Waals surface area contributed by atoms with E-state index < -0.39 is 47.2 Å². The zero-order valence-corrected chi connectivity index (χ0v) is 20.2. The van der Waals surface area contributed by atoms with Gasteiger partial charge in [-0.25, -0.2) is 18.2 Å². The molecule has 14 heteroatoms. The second-order valence-electron chi connectivity index (χ2n) is 8.81. The molecule has 0 atom stereocenters. The van der Waals surface area contributed by atoms with Gasteiger partial charge in [-0.2, -0.15) is 13.2 Å². The number of thiophene rings is 1. The number of benzene rings is 2. The second kappa shape index (κ2) is 8.46. The number of phenolic OH excluding ortho intramolecular Hbond substituents is 1. The van der Waals surface area contributed by atoms with Crippen LogP contribution in [-0.2, 0) is 12.7 Å². The smallest absolute Gasteiger partial charge is 0.436 e. The molecule has 38 heavy (non-hydrogen) atoms. The summed E-state index contributed by atoms with van der Waals surface area (Å²) in [6.45, 7) is -0.637. The van der Waals surface area contributed by atoms with Crippen LogP contribution < -0.4 is 5.56 Å². The maximum Gasteiger partial charge on any atom is 0.436 e. The molecule has 3 heterocycles. The van der Waals surface area contributed by atoms with Crippen LogP contribution in [0.2, 0.25) is 5.02 Å². The van der Waals surface area contributed by atoms with Crippen LogP contribution in [-0.4, -0.2) is 19.8 Å². The highest BCUT2D eigenvalue weighted by molar-refractivity contribution is 7.25. The lowest BCUT2D eigenvalue weighted by molar-refractivity contribution is -0.142. The SMILES string of the molecule is O=c1c2c(nc(-c3cc(F)c(F)cc3C3CC3)n1Cc1cc(C(F)(F)F)no1)sc1c(O)c(Cl)cc(F)c12. The molecule has 0 bridgehead atoms. The van der Waals surface area contributed by atoms with Crippen LogP contribution in [0.15, 0.2) is 33.6 Å². The summed E-state index contributed by atoms with van der Waals surface area (Å²) in [6.07, 6.45) is -3.48. The molecule has 0 saturated heterocycles. The minimum Gasteiger partial charge on any atom is -0.505 e. The summed E-state index contributed by atoms with van der Waals surface area (Å²) in [7, 11) is 0. The third kappa shape index (κ3) is 3.91. The Hall–Kier alpha value is -3.58. The average molecular weight is 572 g/mol. The fourth-order valence-electron chi connectivity index (χ4n) is 4.36. The summed E-state index contributed by atoms with van der Waals surface area (Å²) < 4.78 is 88.4. The highest BCUT2D eigenvalue weighted by atomic mass is 35.5. The minimum atomic E-state index is -4.82. The van der Waals surface area contributed by atoms with Crippen molar-refractivity contribution in [3.8, 4) is 17.1 Å². The first kappa shape index (κ1) is 24.7. The van der Waals surface area contributed by atoms with Crippen LogP contribution >= 0.6 is 22.9 Å². The van der Waals surface area contributed by atoms with Gasteiger partial charge in [0.1, 0.15) is 16.5 Å². The van der Waals surface area contributed by atoms with E-state index in [2.05, 4.69) is 10.1 Å². The number of phenols is 1. The van der Waals surface area contributed by atoms with Crippen molar-refractivity contribution in [3.05, 3.63) is 74.1 Å². The molecule has 5 aromatic rings. The molecule has 0 spiro atoms. The summed E-state index contributed by atoms with van der Waals surface area (Å²) in [5.74, 6) is -4.50. The standard InChI is InChI=1S/C24H12ClF6N3O3S/c25-12-6-15(28)17-18-22(38-20(17)19(12)35)32-21(11-5-14(27)13(26)4-10(11)8-1-2-8)34(23(18)36)7-9-3-16(33-37-9)24(29,30)31/h3-6,8,35H,1-2,7H2. The number of aromatic nitrogens is 3. The predicted octanol–water partition coefficient (Wildman–Crippen LogP) is 6.99. The first-order valence-electron chi connectivity index (χ1n) is 11.0. The molecule has 1 aliphatic rings. The van der Waals surface area contributed by atoms with Crippen LogP contribution in [0.4, 0.5) is 26.3 Å². The van der Waals surface area contributed by atoms with Crippen molar-refractivity contribution in [2.75, 3.05) is 0 Å².